The molecule has 1 unspecified atom stereocenters. The summed E-state index contributed by atoms with van der Waals surface area (Å²) in [5.41, 5.74) is 0.923. The molecule has 0 amide bonds. The molecule has 2 aromatic heterocycles. The Morgan fingerprint density at radius 2 is 2.20 bits per heavy atom. The Kier molecular flexibility index (Phi) is 3.99. The van der Waals surface area contributed by atoms with Crippen LogP contribution >= 0.6 is 11.8 Å². The van der Waals surface area contributed by atoms with Crippen LogP contribution in [0.5, 0.6) is 0 Å². The fourth-order valence-electron chi connectivity index (χ4n) is 2.01. The number of nitrogens with zero attached hydrogens (tertiary/aromatic N) is 2. The molecular weight excluding hydrogens is 270 g/mol. The number of benzene rings is 1. The maximum absolute atomic E-state index is 5.90. The van der Waals surface area contributed by atoms with Gasteiger partial charge < -0.3 is 9.73 Å². The predicted molar refractivity (Wildman–Crippen MR) is 80.8 cm³/mol. The highest BCUT2D eigenvalue weighted by molar-refractivity contribution is 7.99. The number of hydrogen-bond donors (Lipinski definition) is 1. The molecule has 0 saturated heterocycles. The van der Waals surface area contributed by atoms with E-state index in [0.717, 1.165) is 27.5 Å². The number of rotatable bonds is 5. The Morgan fingerprint density at radius 1 is 1.30 bits per heavy atom. The number of furan rings is 1. The van der Waals surface area contributed by atoms with Crippen molar-refractivity contribution in [2.45, 2.75) is 11.1 Å². The summed E-state index contributed by atoms with van der Waals surface area (Å²) in [6, 6.07) is 10.3. The first-order valence-corrected chi connectivity index (χ1v) is 7.40. The molecule has 2 heterocycles. The maximum Gasteiger partial charge on any atom is 0.134 e. The van der Waals surface area contributed by atoms with E-state index in [-0.39, 0.29) is 6.04 Å². The molecule has 0 radical (unpaired) electrons. The molecule has 0 bridgehead atoms. The minimum atomic E-state index is 0.148. The van der Waals surface area contributed by atoms with Gasteiger partial charge in [-0.15, -0.1) is 11.8 Å². The quantitative estimate of drug-likeness (QED) is 0.729. The topological polar surface area (TPSA) is 51.0 Å². The van der Waals surface area contributed by atoms with E-state index in [2.05, 4.69) is 27.4 Å². The SMILES string of the molecule is CNC(CSc1cnccn1)c1cc2ccccc2o1. The van der Waals surface area contributed by atoms with E-state index in [1.807, 2.05) is 25.2 Å². The van der Waals surface area contributed by atoms with Crippen molar-refractivity contribution in [1.82, 2.24) is 15.3 Å². The lowest BCUT2D eigenvalue weighted by atomic mass is 10.2. The van der Waals surface area contributed by atoms with Crippen LogP contribution < -0.4 is 5.32 Å². The van der Waals surface area contributed by atoms with Crippen LogP contribution in [-0.4, -0.2) is 22.8 Å². The number of aromatic nitrogens is 2. The van der Waals surface area contributed by atoms with E-state index in [4.69, 9.17) is 4.42 Å². The first-order chi connectivity index (χ1) is 9.86. The Balaban J connectivity index is 1.75. The van der Waals surface area contributed by atoms with Crippen molar-refractivity contribution in [2.75, 3.05) is 12.8 Å². The van der Waals surface area contributed by atoms with E-state index in [1.54, 1.807) is 30.4 Å². The fraction of sp³-hybridized carbons (Fsp3) is 0.200. The number of nitrogens with one attached hydrogen (secondary N) is 1. The lowest BCUT2D eigenvalue weighted by Crippen LogP contribution is -2.18. The fourth-order valence-corrected chi connectivity index (χ4v) is 2.95. The van der Waals surface area contributed by atoms with Crippen molar-refractivity contribution in [3.05, 3.63) is 54.7 Å². The second kappa shape index (κ2) is 6.07. The summed E-state index contributed by atoms with van der Waals surface area (Å²) >= 11 is 1.66. The molecule has 0 fully saturated rings. The van der Waals surface area contributed by atoms with E-state index < -0.39 is 0 Å². The van der Waals surface area contributed by atoms with Gasteiger partial charge in [0.25, 0.3) is 0 Å². The zero-order valence-corrected chi connectivity index (χ0v) is 11.9. The van der Waals surface area contributed by atoms with Crippen LogP contribution in [0.25, 0.3) is 11.0 Å². The summed E-state index contributed by atoms with van der Waals surface area (Å²) in [5, 5.41) is 5.34. The third kappa shape index (κ3) is 2.84. The third-order valence-electron chi connectivity index (χ3n) is 3.07. The number of thioether (sulfide) groups is 1. The molecule has 0 saturated carbocycles. The van der Waals surface area contributed by atoms with E-state index in [1.165, 1.54) is 0 Å². The average molecular weight is 285 g/mol. The first-order valence-electron chi connectivity index (χ1n) is 6.41. The zero-order valence-electron chi connectivity index (χ0n) is 11.1. The summed E-state index contributed by atoms with van der Waals surface area (Å²) in [6.45, 7) is 0. The van der Waals surface area contributed by atoms with Crippen molar-refractivity contribution in [1.29, 1.82) is 0 Å². The average Bonchev–Trinajstić information content (AvgIpc) is 2.92. The Hall–Kier alpha value is -1.85. The van der Waals surface area contributed by atoms with Crippen LogP contribution in [0, 0.1) is 0 Å². The molecule has 1 N–H and O–H groups in total. The van der Waals surface area contributed by atoms with Crippen molar-refractivity contribution in [3.63, 3.8) is 0 Å². The monoisotopic (exact) mass is 285 g/mol. The molecule has 102 valence electrons. The summed E-state index contributed by atoms with van der Waals surface area (Å²) < 4.78 is 5.90. The molecule has 3 rings (SSSR count). The van der Waals surface area contributed by atoms with Crippen molar-refractivity contribution < 1.29 is 4.42 Å². The lowest BCUT2D eigenvalue weighted by molar-refractivity contribution is 0.479. The van der Waals surface area contributed by atoms with E-state index >= 15 is 0 Å². The van der Waals surface area contributed by atoms with Crippen molar-refractivity contribution in [3.8, 4) is 0 Å². The number of fused-ring (bicyclic) bond motifs is 1. The van der Waals surface area contributed by atoms with Gasteiger partial charge >= 0.3 is 0 Å². The van der Waals surface area contributed by atoms with E-state index in [9.17, 15) is 0 Å². The number of hydrogen-bond acceptors (Lipinski definition) is 5. The van der Waals surface area contributed by atoms with Gasteiger partial charge in [-0.3, -0.25) is 4.98 Å². The molecule has 20 heavy (non-hydrogen) atoms. The molecular formula is C15H15N3OS. The predicted octanol–water partition coefficient (Wildman–Crippen LogP) is 3.28. The largest absolute Gasteiger partial charge is 0.459 e. The second-order valence-electron chi connectivity index (χ2n) is 4.38. The Bertz CT molecular complexity index is 651. The van der Waals surface area contributed by atoms with Gasteiger partial charge in [0, 0.05) is 23.5 Å². The minimum Gasteiger partial charge on any atom is -0.459 e. The molecule has 0 aliphatic carbocycles. The van der Waals surface area contributed by atoms with Gasteiger partial charge in [0.2, 0.25) is 0 Å². The Labute approximate surface area is 121 Å². The van der Waals surface area contributed by atoms with Gasteiger partial charge in [-0.05, 0) is 19.2 Å². The molecule has 4 nitrogen and oxygen atoms in total. The van der Waals surface area contributed by atoms with Gasteiger partial charge in [0.1, 0.15) is 16.4 Å². The molecule has 0 aliphatic rings. The standard InChI is InChI=1S/C15H15N3OS/c1-16-12(10-20-15-9-17-6-7-18-15)14-8-11-4-2-3-5-13(11)19-14/h2-9,12,16H,10H2,1H3. The molecule has 0 spiro atoms. The molecule has 0 aliphatic heterocycles. The van der Waals surface area contributed by atoms with Crippen LogP contribution in [-0.2, 0) is 0 Å². The summed E-state index contributed by atoms with van der Waals surface area (Å²) in [5.74, 6) is 1.79. The Morgan fingerprint density at radius 3 is 2.95 bits per heavy atom. The van der Waals surface area contributed by atoms with Gasteiger partial charge in [-0.1, -0.05) is 18.2 Å². The van der Waals surface area contributed by atoms with Crippen LogP contribution in [0.15, 0.2) is 58.4 Å². The smallest absolute Gasteiger partial charge is 0.134 e. The number of para-hydroxylation sites is 1. The normalized spacial score (nSPS) is 12.7. The van der Waals surface area contributed by atoms with Crippen molar-refractivity contribution >= 4 is 22.7 Å². The second-order valence-corrected chi connectivity index (χ2v) is 5.42. The zero-order chi connectivity index (χ0) is 13.8. The summed E-state index contributed by atoms with van der Waals surface area (Å²) in [7, 11) is 1.94. The molecule has 5 heteroatoms. The summed E-state index contributed by atoms with van der Waals surface area (Å²) in [6.07, 6.45) is 5.16. The van der Waals surface area contributed by atoms with Gasteiger partial charge in [-0.25, -0.2) is 4.98 Å². The molecule has 3 aromatic rings. The van der Waals surface area contributed by atoms with Crippen molar-refractivity contribution in [2.24, 2.45) is 0 Å². The lowest BCUT2D eigenvalue weighted by Gasteiger charge is -2.12. The highest BCUT2D eigenvalue weighted by Crippen LogP contribution is 2.27. The third-order valence-corrected chi connectivity index (χ3v) is 4.08. The van der Waals surface area contributed by atoms with Gasteiger partial charge in [0.05, 0.1) is 12.2 Å². The van der Waals surface area contributed by atoms with Crippen LogP contribution in [0.3, 0.4) is 0 Å². The molecule has 1 aromatic carbocycles. The van der Waals surface area contributed by atoms with Crippen LogP contribution in [0.4, 0.5) is 0 Å². The van der Waals surface area contributed by atoms with E-state index in [0.29, 0.717) is 0 Å². The maximum atomic E-state index is 5.90. The highest BCUT2D eigenvalue weighted by atomic mass is 32.2. The van der Waals surface area contributed by atoms with Gasteiger partial charge in [0.15, 0.2) is 0 Å². The minimum absolute atomic E-state index is 0.148. The van der Waals surface area contributed by atoms with Crippen LogP contribution in [0.2, 0.25) is 0 Å². The molecule has 1 atom stereocenters. The highest BCUT2D eigenvalue weighted by Gasteiger charge is 2.15. The van der Waals surface area contributed by atoms with Crippen LogP contribution in [0.1, 0.15) is 11.8 Å². The first kappa shape index (κ1) is 13.1. The van der Waals surface area contributed by atoms with Gasteiger partial charge in [-0.2, -0.15) is 0 Å². The summed E-state index contributed by atoms with van der Waals surface area (Å²) in [4.78, 5) is 8.33.